The van der Waals surface area contributed by atoms with Crippen LogP contribution in [0.4, 0.5) is 0 Å². The number of nitrogens with one attached hydrogen (secondary N) is 1. The molecule has 0 radical (unpaired) electrons. The lowest BCUT2D eigenvalue weighted by Crippen LogP contribution is -2.27. The van der Waals surface area contributed by atoms with Crippen LogP contribution in [0, 0.1) is 18.5 Å². The molecule has 1 N–H and O–H groups in total. The molecule has 6 heteroatoms. The van der Waals surface area contributed by atoms with E-state index in [0.717, 1.165) is 24.0 Å². The predicted octanol–water partition coefficient (Wildman–Crippen LogP) is 4.69. The lowest BCUT2D eigenvalue weighted by molar-refractivity contribution is -0.117. The van der Waals surface area contributed by atoms with Crippen molar-refractivity contribution in [2.24, 2.45) is 0 Å². The van der Waals surface area contributed by atoms with Gasteiger partial charge in [-0.1, -0.05) is 30.3 Å². The Labute approximate surface area is 174 Å². The number of benzene rings is 2. The van der Waals surface area contributed by atoms with E-state index in [4.69, 9.17) is 4.74 Å². The predicted molar refractivity (Wildman–Crippen MR) is 115 cm³/mol. The van der Waals surface area contributed by atoms with Crippen molar-refractivity contribution >= 4 is 57.2 Å². The summed E-state index contributed by atoms with van der Waals surface area (Å²) in [5.74, 6) is 0.402. The fourth-order valence-electron chi connectivity index (χ4n) is 2.27. The second-order valence-electron chi connectivity index (χ2n) is 5.29. The summed E-state index contributed by atoms with van der Waals surface area (Å²) in [7, 11) is 1.62. The Kier molecular flexibility index (Phi) is 7.25. The normalized spacial score (nSPS) is 12.2. The molecule has 2 rings (SSSR count). The lowest BCUT2D eigenvalue weighted by atomic mass is 10.1. The molecule has 0 unspecified atom stereocenters. The first-order valence-electron chi connectivity index (χ1n) is 7.47. The zero-order valence-electron chi connectivity index (χ0n) is 13.7. The lowest BCUT2D eigenvalue weighted by Gasteiger charge is -2.14. The molecule has 25 heavy (non-hydrogen) atoms. The Morgan fingerprint density at radius 3 is 2.36 bits per heavy atom. The average molecular weight is 558 g/mol. The summed E-state index contributed by atoms with van der Waals surface area (Å²) in [5.41, 5.74) is 1.84. The molecular formula is C19H16I2N2O2. The van der Waals surface area contributed by atoms with Crippen molar-refractivity contribution < 1.29 is 9.53 Å². The van der Waals surface area contributed by atoms with Crippen LogP contribution in [-0.4, -0.2) is 13.0 Å². The number of carbonyl (C=O) groups is 1. The second kappa shape index (κ2) is 9.20. The minimum atomic E-state index is -0.389. The molecule has 0 aromatic heterocycles. The summed E-state index contributed by atoms with van der Waals surface area (Å²) >= 11 is 4.35. The number of hydrogen-bond donors (Lipinski definition) is 1. The molecule has 1 atom stereocenters. The molecular weight excluding hydrogens is 542 g/mol. The van der Waals surface area contributed by atoms with Crippen LogP contribution in [0.2, 0.25) is 0 Å². The van der Waals surface area contributed by atoms with Gasteiger partial charge >= 0.3 is 0 Å². The van der Waals surface area contributed by atoms with Crippen molar-refractivity contribution in [3.8, 4) is 11.8 Å². The highest BCUT2D eigenvalue weighted by atomic mass is 127. The van der Waals surface area contributed by atoms with Crippen LogP contribution in [-0.2, 0) is 4.79 Å². The molecule has 0 heterocycles. The Morgan fingerprint density at radius 1 is 1.24 bits per heavy atom. The molecule has 0 saturated heterocycles. The summed E-state index contributed by atoms with van der Waals surface area (Å²) in [6.45, 7) is 1.89. The highest BCUT2D eigenvalue weighted by Crippen LogP contribution is 2.29. The Bertz CT molecular complexity index is 819. The molecule has 0 saturated carbocycles. The Morgan fingerprint density at radius 2 is 1.84 bits per heavy atom. The number of ether oxygens (including phenoxy) is 1. The number of nitrogens with zero attached hydrogens (tertiary/aromatic N) is 1. The van der Waals surface area contributed by atoms with Crippen molar-refractivity contribution in [1.29, 1.82) is 5.26 Å². The third kappa shape index (κ3) is 5.19. The van der Waals surface area contributed by atoms with Gasteiger partial charge in [-0.2, -0.15) is 5.26 Å². The van der Waals surface area contributed by atoms with Crippen molar-refractivity contribution in [1.82, 2.24) is 5.32 Å². The van der Waals surface area contributed by atoms with Gasteiger partial charge in [0.25, 0.3) is 5.91 Å². The molecule has 0 spiro atoms. The van der Waals surface area contributed by atoms with E-state index in [1.807, 2.05) is 55.5 Å². The van der Waals surface area contributed by atoms with Gasteiger partial charge in [0.2, 0.25) is 0 Å². The maximum atomic E-state index is 12.4. The number of carbonyl (C=O) groups excluding carboxylic acids is 1. The van der Waals surface area contributed by atoms with Crippen molar-refractivity contribution in [3.05, 3.63) is 66.3 Å². The summed E-state index contributed by atoms with van der Waals surface area (Å²) in [6, 6.07) is 15.2. The van der Waals surface area contributed by atoms with Gasteiger partial charge in [-0.3, -0.25) is 4.79 Å². The van der Waals surface area contributed by atoms with Gasteiger partial charge < -0.3 is 10.1 Å². The number of hydrogen-bond acceptors (Lipinski definition) is 3. The van der Waals surface area contributed by atoms with Gasteiger partial charge in [0, 0.05) is 0 Å². The quantitative estimate of drug-likeness (QED) is 0.330. The monoisotopic (exact) mass is 558 g/mol. The van der Waals surface area contributed by atoms with E-state index in [0.29, 0.717) is 0 Å². The van der Waals surface area contributed by atoms with E-state index < -0.39 is 0 Å². The summed E-state index contributed by atoms with van der Waals surface area (Å²) < 4.78 is 7.18. The van der Waals surface area contributed by atoms with Gasteiger partial charge in [0.15, 0.2) is 0 Å². The van der Waals surface area contributed by atoms with Gasteiger partial charge in [0.05, 0.1) is 20.3 Å². The topological polar surface area (TPSA) is 62.1 Å². The number of halogens is 2. The standard InChI is InChI=1S/C19H16I2N2O2/c1-12(14-6-4-3-5-7-14)23-19(24)15(11-22)8-13-9-16(20)18(25-2)17(21)10-13/h3-10,12H,1-2H3,(H,23,24)/b15-8+/t12-/m0/s1. The van der Waals surface area contributed by atoms with Crippen molar-refractivity contribution in [3.63, 3.8) is 0 Å². The van der Waals surface area contributed by atoms with E-state index in [1.165, 1.54) is 0 Å². The van der Waals surface area contributed by atoms with Crippen LogP contribution in [0.5, 0.6) is 5.75 Å². The number of amides is 1. The Balaban J connectivity index is 2.23. The molecule has 0 aliphatic rings. The summed E-state index contributed by atoms with van der Waals surface area (Å²) in [6.07, 6.45) is 1.59. The minimum absolute atomic E-state index is 0.0690. The largest absolute Gasteiger partial charge is 0.495 e. The van der Waals surface area contributed by atoms with Crippen LogP contribution >= 0.6 is 45.2 Å². The zero-order chi connectivity index (χ0) is 18.4. The molecule has 0 aliphatic heterocycles. The molecule has 1 amide bonds. The van der Waals surface area contributed by atoms with E-state index in [-0.39, 0.29) is 17.5 Å². The first kappa shape index (κ1) is 19.7. The third-order valence-electron chi connectivity index (χ3n) is 3.55. The van der Waals surface area contributed by atoms with Crippen LogP contribution in [0.1, 0.15) is 24.1 Å². The SMILES string of the molecule is COc1c(I)cc(/C=C(\C#N)C(=O)N[C@@H](C)c2ccccc2)cc1I. The smallest absolute Gasteiger partial charge is 0.262 e. The second-order valence-corrected chi connectivity index (χ2v) is 7.62. The molecule has 128 valence electrons. The number of rotatable bonds is 5. The molecule has 2 aromatic carbocycles. The first-order chi connectivity index (χ1) is 12.0. The molecule has 4 nitrogen and oxygen atoms in total. The van der Waals surface area contributed by atoms with Crippen molar-refractivity contribution in [2.75, 3.05) is 7.11 Å². The van der Waals surface area contributed by atoms with Crippen LogP contribution in [0.3, 0.4) is 0 Å². The fraction of sp³-hybridized carbons (Fsp3) is 0.158. The number of nitriles is 1. The molecule has 0 aliphatic carbocycles. The summed E-state index contributed by atoms with van der Waals surface area (Å²) in [4.78, 5) is 12.4. The van der Waals surface area contributed by atoms with Crippen LogP contribution in [0.25, 0.3) is 6.08 Å². The van der Waals surface area contributed by atoms with E-state index in [9.17, 15) is 10.1 Å². The molecule has 0 bridgehead atoms. The van der Waals surface area contributed by atoms with Crippen LogP contribution < -0.4 is 10.1 Å². The first-order valence-corrected chi connectivity index (χ1v) is 9.62. The zero-order valence-corrected chi connectivity index (χ0v) is 18.0. The van der Waals surface area contributed by atoms with Gasteiger partial charge in [-0.15, -0.1) is 0 Å². The third-order valence-corrected chi connectivity index (χ3v) is 5.15. The van der Waals surface area contributed by atoms with Crippen LogP contribution in [0.15, 0.2) is 48.0 Å². The maximum Gasteiger partial charge on any atom is 0.262 e. The highest BCUT2D eigenvalue weighted by Gasteiger charge is 2.14. The Hall–Kier alpha value is -1.60. The van der Waals surface area contributed by atoms with E-state index >= 15 is 0 Å². The average Bonchev–Trinajstić information content (AvgIpc) is 2.60. The maximum absolute atomic E-state index is 12.4. The van der Waals surface area contributed by atoms with Gasteiger partial charge in [-0.05, 0) is 81.4 Å². The van der Waals surface area contributed by atoms with Gasteiger partial charge in [0.1, 0.15) is 17.4 Å². The van der Waals surface area contributed by atoms with E-state index in [2.05, 4.69) is 50.5 Å². The van der Waals surface area contributed by atoms with E-state index in [1.54, 1.807) is 13.2 Å². The minimum Gasteiger partial charge on any atom is -0.495 e. The summed E-state index contributed by atoms with van der Waals surface area (Å²) in [5, 5.41) is 12.2. The highest BCUT2D eigenvalue weighted by molar-refractivity contribution is 14.1. The van der Waals surface area contributed by atoms with Gasteiger partial charge in [-0.25, -0.2) is 0 Å². The molecule has 2 aromatic rings. The molecule has 0 fully saturated rings. The fourth-order valence-corrected chi connectivity index (χ4v) is 4.53. The van der Waals surface area contributed by atoms with Crippen molar-refractivity contribution in [2.45, 2.75) is 13.0 Å². The number of methoxy groups -OCH3 is 1.